The normalized spacial score (nSPS) is 21.7. The van der Waals surface area contributed by atoms with Crippen molar-refractivity contribution in [2.24, 2.45) is 11.8 Å². The van der Waals surface area contributed by atoms with E-state index >= 15 is 0 Å². The van der Waals surface area contributed by atoms with E-state index in [9.17, 15) is 31.5 Å². The fraction of sp³-hybridized carbons (Fsp3) is 0.423. The molecule has 2 N–H and O–H groups in total. The second-order valence-electron chi connectivity index (χ2n) is 9.45. The molecule has 10 heteroatoms. The largest absolute Gasteiger partial charge is 0.390 e. The molecule has 1 fully saturated rings. The van der Waals surface area contributed by atoms with E-state index in [0.29, 0.717) is 37.8 Å². The minimum absolute atomic E-state index is 0.0693. The first-order valence-electron chi connectivity index (χ1n) is 11.7. The van der Waals surface area contributed by atoms with Gasteiger partial charge in [-0.1, -0.05) is 31.5 Å². The van der Waals surface area contributed by atoms with Crippen molar-refractivity contribution in [3.63, 3.8) is 0 Å². The minimum atomic E-state index is -4.03. The maximum Gasteiger partial charge on any atom is 0.255 e. The molecule has 1 amide bonds. The average Bonchev–Trinajstić information content (AvgIpc) is 3.17. The Hall–Kier alpha value is -2.36. The molecule has 4 atom stereocenters. The van der Waals surface area contributed by atoms with E-state index in [1.54, 1.807) is 6.08 Å². The van der Waals surface area contributed by atoms with Crippen molar-refractivity contribution in [3.05, 3.63) is 71.0 Å². The van der Waals surface area contributed by atoms with Crippen LogP contribution in [0.25, 0.3) is 0 Å². The van der Waals surface area contributed by atoms with E-state index in [4.69, 9.17) is 11.6 Å². The van der Waals surface area contributed by atoms with E-state index < -0.39 is 44.0 Å². The van der Waals surface area contributed by atoms with Crippen LogP contribution in [0.5, 0.6) is 0 Å². The highest BCUT2D eigenvalue weighted by Gasteiger charge is 2.46. The number of aliphatic hydroxyl groups is 1. The summed E-state index contributed by atoms with van der Waals surface area (Å²) < 4.78 is 67.9. The third-order valence-electron chi connectivity index (χ3n) is 6.94. The molecule has 1 aliphatic carbocycles. The Balaban J connectivity index is 1.93. The monoisotopic (exact) mass is 543 g/mol. The number of benzene rings is 2. The summed E-state index contributed by atoms with van der Waals surface area (Å²) in [6.45, 7) is 7.36. The van der Waals surface area contributed by atoms with Gasteiger partial charge in [0.15, 0.2) is 27.3 Å². The third kappa shape index (κ3) is 5.79. The molecule has 1 aliphatic rings. The molecular weight excluding hydrogens is 515 g/mol. The fourth-order valence-electron chi connectivity index (χ4n) is 5.02. The zero-order chi connectivity index (χ0) is 26.8. The highest BCUT2D eigenvalue weighted by Crippen LogP contribution is 2.44. The van der Waals surface area contributed by atoms with Crippen molar-refractivity contribution in [2.75, 3.05) is 5.32 Å². The van der Waals surface area contributed by atoms with Crippen molar-refractivity contribution in [1.29, 1.82) is 0 Å². The molecule has 0 saturated heterocycles. The average molecular weight is 544 g/mol. The van der Waals surface area contributed by atoms with Gasteiger partial charge in [0, 0.05) is 23.4 Å². The Labute approximate surface area is 214 Å². The number of hydrogen-bond donors (Lipinski definition) is 2. The first kappa shape index (κ1) is 28.2. The van der Waals surface area contributed by atoms with Crippen LogP contribution in [0.15, 0.2) is 47.9 Å². The van der Waals surface area contributed by atoms with Crippen LogP contribution in [-0.2, 0) is 9.84 Å². The Morgan fingerprint density at radius 3 is 2.44 bits per heavy atom. The number of amides is 1. The fourth-order valence-corrected chi connectivity index (χ4v) is 7.87. The van der Waals surface area contributed by atoms with Gasteiger partial charge in [-0.25, -0.2) is 21.6 Å². The molecule has 0 aliphatic heterocycles. The van der Waals surface area contributed by atoms with Crippen molar-refractivity contribution >= 4 is 33.0 Å². The van der Waals surface area contributed by atoms with Gasteiger partial charge in [0.2, 0.25) is 0 Å². The maximum absolute atomic E-state index is 13.8. The molecule has 0 radical (unpaired) electrons. The molecule has 0 aromatic heterocycles. The number of carbonyl (C=O) groups is 1. The maximum atomic E-state index is 13.8. The summed E-state index contributed by atoms with van der Waals surface area (Å²) in [4.78, 5) is 12.5. The zero-order valence-corrected chi connectivity index (χ0v) is 21.6. The molecule has 1 saturated carbocycles. The SMILES string of the molecule is C=CC[C@@](O)(CC)C[C@@H]1CC[C@@H](C)C1S(=O)(=O)c1cc(C(=O)Nc2cc(F)c(F)c(F)c2)ccc1Cl. The predicted octanol–water partition coefficient (Wildman–Crippen LogP) is 6.31. The van der Waals surface area contributed by atoms with E-state index in [2.05, 4.69) is 11.9 Å². The summed E-state index contributed by atoms with van der Waals surface area (Å²) in [5.41, 5.74) is -1.52. The summed E-state index contributed by atoms with van der Waals surface area (Å²) in [7, 11) is -4.03. The molecule has 2 aromatic carbocycles. The molecule has 0 spiro atoms. The lowest BCUT2D eigenvalue weighted by molar-refractivity contribution is 0.0151. The van der Waals surface area contributed by atoms with E-state index in [1.165, 1.54) is 12.1 Å². The summed E-state index contributed by atoms with van der Waals surface area (Å²) in [5, 5.41) is 12.3. The lowest BCUT2D eigenvalue weighted by Gasteiger charge is -2.32. The van der Waals surface area contributed by atoms with Crippen LogP contribution in [0, 0.1) is 29.3 Å². The second kappa shape index (κ2) is 10.9. The lowest BCUT2D eigenvalue weighted by atomic mass is 9.84. The van der Waals surface area contributed by atoms with E-state index in [1.807, 2.05) is 13.8 Å². The van der Waals surface area contributed by atoms with Gasteiger partial charge in [-0.05, 0) is 62.1 Å². The zero-order valence-electron chi connectivity index (χ0n) is 20.0. The van der Waals surface area contributed by atoms with E-state index in [0.717, 1.165) is 6.07 Å². The Morgan fingerprint density at radius 1 is 1.22 bits per heavy atom. The quantitative estimate of drug-likeness (QED) is 0.287. The topological polar surface area (TPSA) is 83.5 Å². The summed E-state index contributed by atoms with van der Waals surface area (Å²) in [6.07, 6.45) is 3.94. The first-order valence-corrected chi connectivity index (χ1v) is 13.6. The molecule has 3 rings (SSSR count). The summed E-state index contributed by atoms with van der Waals surface area (Å²) >= 11 is 6.27. The third-order valence-corrected chi connectivity index (χ3v) is 9.90. The molecule has 1 unspecified atom stereocenters. The first-order chi connectivity index (χ1) is 16.8. The van der Waals surface area contributed by atoms with Gasteiger partial charge in [0.1, 0.15) is 0 Å². The highest BCUT2D eigenvalue weighted by molar-refractivity contribution is 7.92. The highest BCUT2D eigenvalue weighted by atomic mass is 35.5. The molecule has 196 valence electrons. The summed E-state index contributed by atoms with van der Waals surface area (Å²) in [5.74, 6) is -6.01. The van der Waals surface area contributed by atoms with Crippen LogP contribution in [0.2, 0.25) is 5.02 Å². The van der Waals surface area contributed by atoms with Gasteiger partial charge in [-0.3, -0.25) is 4.79 Å². The number of carbonyl (C=O) groups excluding carboxylic acids is 1. The number of hydrogen-bond acceptors (Lipinski definition) is 4. The van der Waals surface area contributed by atoms with Gasteiger partial charge in [0.25, 0.3) is 5.91 Å². The van der Waals surface area contributed by atoms with Crippen molar-refractivity contribution < 1.29 is 31.5 Å². The molecule has 0 heterocycles. The van der Waals surface area contributed by atoms with E-state index in [-0.39, 0.29) is 39.4 Å². The summed E-state index contributed by atoms with van der Waals surface area (Å²) in [6, 6.07) is 4.91. The molecule has 36 heavy (non-hydrogen) atoms. The standard InChI is InChI=1S/C26H29ClF3NO4S/c1-4-10-26(33,5-2)14-17-7-6-15(3)24(17)36(34,35)22-11-16(8-9-19(22)27)25(32)31-18-12-20(28)23(30)21(29)13-18/h4,8-9,11-13,15,17,24,33H,1,5-7,10,14H2,2-3H3,(H,31,32)/t15-,17+,24?,26+/m1/s1. The van der Waals surface area contributed by atoms with Gasteiger partial charge >= 0.3 is 0 Å². The number of rotatable bonds is 9. The number of nitrogens with one attached hydrogen (secondary N) is 1. The van der Waals surface area contributed by atoms with Gasteiger partial charge < -0.3 is 10.4 Å². The number of halogens is 4. The van der Waals surface area contributed by atoms with Gasteiger partial charge in [-0.2, -0.15) is 0 Å². The van der Waals surface area contributed by atoms with Crippen LogP contribution in [-0.4, -0.2) is 30.3 Å². The molecule has 0 bridgehead atoms. The van der Waals surface area contributed by atoms with Crippen LogP contribution in [0.3, 0.4) is 0 Å². The van der Waals surface area contributed by atoms with Crippen molar-refractivity contribution in [2.45, 2.75) is 61.7 Å². The number of anilines is 1. The van der Waals surface area contributed by atoms with Crippen LogP contribution >= 0.6 is 11.6 Å². The van der Waals surface area contributed by atoms with Gasteiger partial charge in [0.05, 0.1) is 20.8 Å². The van der Waals surface area contributed by atoms with Crippen LogP contribution in [0.1, 0.15) is 56.3 Å². The Bertz CT molecular complexity index is 1250. The molecule has 5 nitrogen and oxygen atoms in total. The lowest BCUT2D eigenvalue weighted by Crippen LogP contribution is -2.37. The van der Waals surface area contributed by atoms with Crippen LogP contribution in [0.4, 0.5) is 18.9 Å². The second-order valence-corrected chi connectivity index (χ2v) is 11.9. The Kier molecular flexibility index (Phi) is 8.58. The smallest absolute Gasteiger partial charge is 0.255 e. The van der Waals surface area contributed by atoms with Crippen molar-refractivity contribution in [1.82, 2.24) is 0 Å². The van der Waals surface area contributed by atoms with Crippen molar-refractivity contribution in [3.8, 4) is 0 Å². The number of sulfone groups is 1. The minimum Gasteiger partial charge on any atom is -0.390 e. The predicted molar refractivity (Wildman–Crippen MR) is 133 cm³/mol. The van der Waals surface area contributed by atoms with Gasteiger partial charge in [-0.15, -0.1) is 6.58 Å². The Morgan fingerprint density at radius 2 is 1.86 bits per heavy atom. The molecule has 2 aromatic rings. The molecular formula is C26H29ClF3NO4S. The van der Waals surface area contributed by atoms with Crippen LogP contribution < -0.4 is 5.32 Å².